The normalized spacial score (nSPS) is 18.2. The second kappa shape index (κ2) is 11.5. The fourth-order valence-electron chi connectivity index (χ4n) is 5.50. The molecule has 4 heterocycles. The molecule has 2 aromatic heterocycles. The lowest BCUT2D eigenvalue weighted by molar-refractivity contribution is 0.0325. The third kappa shape index (κ3) is 5.96. The van der Waals surface area contributed by atoms with Crippen molar-refractivity contribution in [3.05, 3.63) is 84.2 Å². The summed E-state index contributed by atoms with van der Waals surface area (Å²) >= 11 is 0. The van der Waals surface area contributed by atoms with Crippen molar-refractivity contribution in [2.24, 2.45) is 5.41 Å². The van der Waals surface area contributed by atoms with Gasteiger partial charge < -0.3 is 14.5 Å². The van der Waals surface area contributed by atoms with Crippen molar-refractivity contribution in [3.8, 4) is 5.75 Å². The predicted octanol–water partition coefficient (Wildman–Crippen LogP) is 4.04. The molecule has 0 N–H and O–H groups in total. The van der Waals surface area contributed by atoms with Gasteiger partial charge in [0.1, 0.15) is 18.1 Å². The molecular formula is C29H33N5O3. The lowest BCUT2D eigenvalue weighted by Crippen LogP contribution is -2.50. The van der Waals surface area contributed by atoms with Crippen LogP contribution in [-0.4, -0.2) is 69.4 Å². The van der Waals surface area contributed by atoms with Crippen LogP contribution in [0.4, 0.5) is 0 Å². The Hall–Kier alpha value is -3.81. The SMILES string of the molecule is O=C(c1cccnc1)N1CCC2(CCCCc3ccccc3OCCN(C(=O)c3cnccn3)C2)CC1. The van der Waals surface area contributed by atoms with Crippen LogP contribution in [0.25, 0.3) is 0 Å². The molecule has 0 aliphatic carbocycles. The monoisotopic (exact) mass is 499 g/mol. The molecule has 3 aromatic rings. The summed E-state index contributed by atoms with van der Waals surface area (Å²) in [5, 5.41) is 0. The molecule has 0 atom stereocenters. The number of amides is 2. The van der Waals surface area contributed by atoms with Crippen LogP contribution in [0.5, 0.6) is 5.75 Å². The van der Waals surface area contributed by atoms with Crippen LogP contribution in [0.3, 0.4) is 0 Å². The Balaban J connectivity index is 1.36. The standard InChI is InChI=1S/C29H33N5O3/c35-27(24-8-5-13-30-20-24)33-16-11-29(12-17-33)10-4-3-7-23-6-1-2-9-26(23)37-19-18-34(22-29)28(36)25-21-31-14-15-32-25/h1-2,5-6,8-9,13-15,20-21H,3-4,7,10-12,16-19,22H2. The molecule has 2 aliphatic rings. The number of rotatable bonds is 2. The molecule has 5 rings (SSSR count). The molecule has 37 heavy (non-hydrogen) atoms. The van der Waals surface area contributed by atoms with Crippen LogP contribution in [0.2, 0.25) is 0 Å². The maximum absolute atomic E-state index is 13.5. The van der Waals surface area contributed by atoms with Crippen LogP contribution >= 0.6 is 0 Å². The summed E-state index contributed by atoms with van der Waals surface area (Å²) in [5.41, 5.74) is 2.10. The number of para-hydroxylation sites is 1. The van der Waals surface area contributed by atoms with E-state index in [0.717, 1.165) is 44.3 Å². The van der Waals surface area contributed by atoms with Crippen LogP contribution in [0.1, 0.15) is 58.5 Å². The summed E-state index contributed by atoms with van der Waals surface area (Å²) in [6, 6.07) is 11.8. The zero-order chi connectivity index (χ0) is 25.5. The Morgan fingerprint density at radius 3 is 2.43 bits per heavy atom. The summed E-state index contributed by atoms with van der Waals surface area (Å²) in [6.07, 6.45) is 13.7. The molecular weight excluding hydrogens is 466 g/mol. The number of likely N-dealkylation sites (tertiary alicyclic amines) is 1. The van der Waals surface area contributed by atoms with E-state index >= 15 is 0 Å². The van der Waals surface area contributed by atoms with Crippen molar-refractivity contribution in [2.75, 3.05) is 32.8 Å². The van der Waals surface area contributed by atoms with Gasteiger partial charge in [-0.25, -0.2) is 4.98 Å². The first kappa shape index (κ1) is 24.9. The number of hydrogen-bond donors (Lipinski definition) is 0. The number of carbonyl (C=O) groups is 2. The summed E-state index contributed by atoms with van der Waals surface area (Å²) in [4.78, 5) is 42.9. The minimum absolute atomic E-state index is 0.0219. The number of benzene rings is 1. The first-order valence-electron chi connectivity index (χ1n) is 13.1. The molecule has 8 heteroatoms. The second-order valence-corrected chi connectivity index (χ2v) is 10.0. The Morgan fingerprint density at radius 1 is 0.811 bits per heavy atom. The Bertz CT molecular complexity index is 1200. The topological polar surface area (TPSA) is 88.5 Å². The lowest BCUT2D eigenvalue weighted by atomic mass is 9.73. The minimum Gasteiger partial charge on any atom is -0.491 e. The number of aromatic nitrogens is 3. The molecule has 1 aromatic carbocycles. The smallest absolute Gasteiger partial charge is 0.274 e. The zero-order valence-electron chi connectivity index (χ0n) is 21.1. The molecule has 1 fully saturated rings. The van der Waals surface area contributed by atoms with E-state index in [-0.39, 0.29) is 17.2 Å². The lowest BCUT2D eigenvalue weighted by Gasteiger charge is -2.45. The first-order valence-corrected chi connectivity index (χ1v) is 13.1. The number of fused-ring (bicyclic) bond motifs is 1. The number of nitrogens with zero attached hydrogens (tertiary/aromatic N) is 5. The van der Waals surface area contributed by atoms with E-state index in [2.05, 4.69) is 27.1 Å². The maximum atomic E-state index is 13.5. The highest BCUT2D eigenvalue weighted by Crippen LogP contribution is 2.39. The van der Waals surface area contributed by atoms with E-state index in [9.17, 15) is 9.59 Å². The predicted molar refractivity (Wildman–Crippen MR) is 139 cm³/mol. The van der Waals surface area contributed by atoms with E-state index in [1.54, 1.807) is 30.9 Å². The van der Waals surface area contributed by atoms with Crippen LogP contribution in [0.15, 0.2) is 67.4 Å². The number of piperidine rings is 1. The van der Waals surface area contributed by atoms with Gasteiger partial charge in [-0.2, -0.15) is 0 Å². The van der Waals surface area contributed by atoms with Crippen molar-refractivity contribution in [1.29, 1.82) is 0 Å². The van der Waals surface area contributed by atoms with Crippen molar-refractivity contribution >= 4 is 11.8 Å². The van der Waals surface area contributed by atoms with Gasteiger partial charge in [-0.05, 0) is 61.3 Å². The summed E-state index contributed by atoms with van der Waals surface area (Å²) in [6.45, 7) is 2.82. The summed E-state index contributed by atoms with van der Waals surface area (Å²) < 4.78 is 6.16. The van der Waals surface area contributed by atoms with Gasteiger partial charge in [-0.3, -0.25) is 19.6 Å². The van der Waals surface area contributed by atoms with E-state index < -0.39 is 0 Å². The molecule has 0 saturated carbocycles. The van der Waals surface area contributed by atoms with Gasteiger partial charge >= 0.3 is 0 Å². The van der Waals surface area contributed by atoms with Gasteiger partial charge in [0.2, 0.25) is 0 Å². The maximum Gasteiger partial charge on any atom is 0.274 e. The first-order chi connectivity index (χ1) is 18.1. The molecule has 1 saturated heterocycles. The van der Waals surface area contributed by atoms with Crippen LogP contribution in [0, 0.1) is 5.41 Å². The van der Waals surface area contributed by atoms with Gasteiger partial charge in [0, 0.05) is 44.4 Å². The van der Waals surface area contributed by atoms with Crippen molar-refractivity contribution < 1.29 is 14.3 Å². The molecule has 1 spiro atoms. The number of aryl methyl sites for hydroxylation is 1. The van der Waals surface area contributed by atoms with Gasteiger partial charge in [0.25, 0.3) is 11.8 Å². The Labute approximate surface area is 217 Å². The number of ether oxygens (including phenoxy) is 1. The van der Waals surface area contributed by atoms with E-state index in [1.807, 2.05) is 28.0 Å². The molecule has 0 bridgehead atoms. The quantitative estimate of drug-likeness (QED) is 0.529. The highest BCUT2D eigenvalue weighted by atomic mass is 16.5. The molecule has 2 aliphatic heterocycles. The van der Waals surface area contributed by atoms with Gasteiger partial charge in [0.05, 0.1) is 18.3 Å². The number of carbonyl (C=O) groups excluding carboxylic acids is 2. The largest absolute Gasteiger partial charge is 0.491 e. The van der Waals surface area contributed by atoms with Crippen molar-refractivity contribution in [2.45, 2.75) is 38.5 Å². The number of hydrogen-bond acceptors (Lipinski definition) is 6. The molecule has 0 radical (unpaired) electrons. The summed E-state index contributed by atoms with van der Waals surface area (Å²) in [7, 11) is 0. The molecule has 8 nitrogen and oxygen atoms in total. The highest BCUT2D eigenvalue weighted by Gasteiger charge is 2.38. The van der Waals surface area contributed by atoms with E-state index in [1.165, 1.54) is 11.8 Å². The fourth-order valence-corrected chi connectivity index (χ4v) is 5.50. The average molecular weight is 500 g/mol. The van der Waals surface area contributed by atoms with E-state index in [0.29, 0.717) is 44.0 Å². The molecule has 0 unspecified atom stereocenters. The number of pyridine rings is 1. The summed E-state index contributed by atoms with van der Waals surface area (Å²) in [5.74, 6) is 0.788. The fraction of sp³-hybridized carbons (Fsp3) is 0.414. The average Bonchev–Trinajstić information content (AvgIpc) is 2.95. The van der Waals surface area contributed by atoms with Crippen LogP contribution in [-0.2, 0) is 6.42 Å². The van der Waals surface area contributed by atoms with Gasteiger partial charge in [0.15, 0.2) is 0 Å². The van der Waals surface area contributed by atoms with Crippen LogP contribution < -0.4 is 4.74 Å². The third-order valence-corrected chi connectivity index (χ3v) is 7.61. The second-order valence-electron chi connectivity index (χ2n) is 10.0. The highest BCUT2D eigenvalue weighted by molar-refractivity contribution is 5.94. The van der Waals surface area contributed by atoms with Crippen molar-refractivity contribution in [1.82, 2.24) is 24.8 Å². The molecule has 2 amide bonds. The third-order valence-electron chi connectivity index (χ3n) is 7.61. The van der Waals surface area contributed by atoms with Gasteiger partial charge in [-0.15, -0.1) is 0 Å². The zero-order valence-corrected chi connectivity index (χ0v) is 21.1. The minimum atomic E-state index is -0.129. The molecule has 192 valence electrons. The van der Waals surface area contributed by atoms with E-state index in [4.69, 9.17) is 4.74 Å². The van der Waals surface area contributed by atoms with Gasteiger partial charge in [-0.1, -0.05) is 24.6 Å². The van der Waals surface area contributed by atoms with Crippen molar-refractivity contribution in [3.63, 3.8) is 0 Å². The Kier molecular flexibility index (Phi) is 7.73. The Morgan fingerprint density at radius 2 is 1.65 bits per heavy atom.